The minimum Gasteiger partial charge on any atom is -0.361 e. The van der Waals surface area contributed by atoms with Crippen LogP contribution in [0.3, 0.4) is 0 Å². The Morgan fingerprint density at radius 2 is 2.07 bits per heavy atom. The average molecular weight is 200 g/mol. The van der Waals surface area contributed by atoms with Gasteiger partial charge >= 0.3 is 0 Å². The Morgan fingerprint density at radius 3 is 2.87 bits per heavy atom. The van der Waals surface area contributed by atoms with E-state index in [2.05, 4.69) is 22.2 Å². The van der Waals surface area contributed by atoms with Gasteiger partial charge in [0, 0.05) is 22.7 Å². The minimum atomic E-state index is 1.15. The number of aromatic nitrogens is 1. The summed E-state index contributed by atoms with van der Waals surface area (Å²) < 4.78 is 1.77. The number of hydrogen-bond donors (Lipinski definition) is 1. The van der Waals surface area contributed by atoms with Crippen LogP contribution in [0.2, 0.25) is 0 Å². The van der Waals surface area contributed by atoms with Gasteiger partial charge in [-0.15, -0.1) is 4.70 Å². The fourth-order valence-corrected chi connectivity index (χ4v) is 1.48. The lowest BCUT2D eigenvalue weighted by atomic mass is 10.2. The molecule has 1 N–H and O–H groups in total. The third-order valence-corrected chi connectivity index (χ3v) is 2.17. The highest BCUT2D eigenvalue weighted by Gasteiger charge is 1.98. The number of nitrogens with zero attached hydrogens (tertiary/aromatic N) is 2. The van der Waals surface area contributed by atoms with E-state index in [0.29, 0.717) is 0 Å². The largest absolute Gasteiger partial charge is 0.361 e. The molecule has 0 radical (unpaired) electrons. The lowest BCUT2D eigenvalue weighted by Crippen LogP contribution is -1.88. The van der Waals surface area contributed by atoms with E-state index in [4.69, 9.17) is 0 Å². The monoisotopic (exact) mass is 200 g/mol. The van der Waals surface area contributed by atoms with Crippen molar-refractivity contribution in [2.45, 2.75) is 0 Å². The minimum absolute atomic E-state index is 1.15. The summed E-state index contributed by atoms with van der Waals surface area (Å²) in [5.74, 6) is 0. The molecule has 0 fully saturated rings. The van der Waals surface area contributed by atoms with Gasteiger partial charge in [0.2, 0.25) is 0 Å². The summed E-state index contributed by atoms with van der Waals surface area (Å²) in [7, 11) is 3.80. The van der Waals surface area contributed by atoms with Crippen molar-refractivity contribution in [2.24, 2.45) is 5.11 Å². The van der Waals surface area contributed by atoms with E-state index in [-0.39, 0.29) is 0 Å². The molecule has 3 heteroatoms. The Labute approximate surface area is 88.7 Å². The van der Waals surface area contributed by atoms with Crippen molar-refractivity contribution in [1.29, 1.82) is 0 Å². The molecule has 0 saturated carbocycles. The molecule has 3 nitrogen and oxygen atoms in total. The highest BCUT2D eigenvalue weighted by atomic mass is 15.2. The van der Waals surface area contributed by atoms with Gasteiger partial charge in [0.25, 0.3) is 0 Å². The van der Waals surface area contributed by atoms with Crippen LogP contribution >= 0.6 is 0 Å². The standard InChI is InChI=1S/C12H13N3/c1-15(2)14-8-7-10-9-13-12-6-4-3-5-11(10)12/h3-9H,1-2H3/p+1. The van der Waals surface area contributed by atoms with Gasteiger partial charge in [0.15, 0.2) is 14.1 Å². The molecule has 0 saturated heterocycles. The number of rotatable bonds is 2. The molecule has 1 heterocycles. The molecule has 76 valence electrons. The van der Waals surface area contributed by atoms with Crippen LogP contribution in [-0.2, 0) is 0 Å². The van der Waals surface area contributed by atoms with Crippen LogP contribution in [0, 0.1) is 0 Å². The number of para-hydroxylation sites is 1. The van der Waals surface area contributed by atoms with Gasteiger partial charge in [0.05, 0.1) is 6.20 Å². The van der Waals surface area contributed by atoms with E-state index in [0.717, 1.165) is 11.1 Å². The van der Waals surface area contributed by atoms with Gasteiger partial charge in [-0.25, -0.2) is 0 Å². The number of benzene rings is 1. The molecule has 0 amide bonds. The summed E-state index contributed by atoms with van der Waals surface area (Å²) >= 11 is 0. The SMILES string of the molecule is C[N+](C)=N/C=C/c1c[nH]c2ccccc12. The first-order chi connectivity index (χ1) is 7.27. The van der Waals surface area contributed by atoms with E-state index in [1.54, 1.807) is 10.9 Å². The fourth-order valence-electron chi connectivity index (χ4n) is 1.48. The highest BCUT2D eigenvalue weighted by molar-refractivity contribution is 5.88. The molecule has 15 heavy (non-hydrogen) atoms. The molecule has 0 aliphatic rings. The lowest BCUT2D eigenvalue weighted by Gasteiger charge is -1.88. The van der Waals surface area contributed by atoms with Gasteiger partial charge in [-0.1, -0.05) is 18.2 Å². The Balaban J connectivity index is 2.37. The van der Waals surface area contributed by atoms with Gasteiger partial charge in [0.1, 0.15) is 0 Å². The summed E-state index contributed by atoms with van der Waals surface area (Å²) in [6.07, 6.45) is 5.79. The Bertz CT molecular complexity index is 516. The van der Waals surface area contributed by atoms with Crippen molar-refractivity contribution in [3.63, 3.8) is 0 Å². The van der Waals surface area contributed by atoms with E-state index in [1.807, 2.05) is 38.5 Å². The molecule has 0 aliphatic carbocycles. The lowest BCUT2D eigenvalue weighted by molar-refractivity contribution is -0.533. The molecule has 0 aliphatic heterocycles. The maximum atomic E-state index is 4.15. The van der Waals surface area contributed by atoms with Gasteiger partial charge in [-0.2, -0.15) is 0 Å². The molecule has 1 aromatic carbocycles. The van der Waals surface area contributed by atoms with Crippen LogP contribution in [0.1, 0.15) is 5.56 Å². The van der Waals surface area contributed by atoms with E-state index in [9.17, 15) is 0 Å². The van der Waals surface area contributed by atoms with Crippen LogP contribution in [-0.4, -0.2) is 23.8 Å². The number of H-pyrrole nitrogens is 1. The van der Waals surface area contributed by atoms with Crippen LogP contribution in [0.25, 0.3) is 17.0 Å². The third kappa shape index (κ3) is 2.13. The Morgan fingerprint density at radius 1 is 1.27 bits per heavy atom. The Hall–Kier alpha value is -1.90. The maximum absolute atomic E-state index is 4.15. The first-order valence-corrected chi connectivity index (χ1v) is 4.88. The average Bonchev–Trinajstić information content (AvgIpc) is 2.62. The predicted octanol–water partition coefficient (Wildman–Crippen LogP) is 2.86. The molecule has 0 bridgehead atoms. The van der Waals surface area contributed by atoms with E-state index >= 15 is 0 Å². The summed E-state index contributed by atoms with van der Waals surface area (Å²) in [6, 6.07) is 8.23. The van der Waals surface area contributed by atoms with Gasteiger partial charge in [-0.3, -0.25) is 0 Å². The zero-order valence-corrected chi connectivity index (χ0v) is 8.94. The second-order valence-corrected chi connectivity index (χ2v) is 3.57. The molecule has 0 unspecified atom stereocenters. The fraction of sp³-hybridized carbons (Fsp3) is 0.167. The second-order valence-electron chi connectivity index (χ2n) is 3.57. The van der Waals surface area contributed by atoms with Crippen LogP contribution in [0.4, 0.5) is 0 Å². The molecular weight excluding hydrogens is 186 g/mol. The predicted molar refractivity (Wildman–Crippen MR) is 61.9 cm³/mol. The maximum Gasteiger partial charge on any atom is 0.158 e. The second kappa shape index (κ2) is 4.09. The van der Waals surface area contributed by atoms with E-state index in [1.165, 1.54) is 5.39 Å². The third-order valence-electron chi connectivity index (χ3n) is 2.17. The van der Waals surface area contributed by atoms with Crippen molar-refractivity contribution in [2.75, 3.05) is 14.1 Å². The molecule has 2 aromatic rings. The quantitative estimate of drug-likeness (QED) is 0.571. The topological polar surface area (TPSA) is 31.2 Å². The van der Waals surface area contributed by atoms with Crippen molar-refractivity contribution >= 4 is 17.0 Å². The molecular formula is C12H14N3+. The van der Waals surface area contributed by atoms with Crippen molar-refractivity contribution < 1.29 is 4.70 Å². The number of hydrogen-bond acceptors (Lipinski definition) is 1. The number of azo groups is 2. The summed E-state index contributed by atoms with van der Waals surface area (Å²) in [5.41, 5.74) is 2.32. The Kier molecular flexibility index (Phi) is 2.63. The van der Waals surface area contributed by atoms with Crippen LogP contribution in [0.5, 0.6) is 0 Å². The van der Waals surface area contributed by atoms with Gasteiger partial charge in [-0.05, 0) is 17.3 Å². The van der Waals surface area contributed by atoms with Crippen molar-refractivity contribution in [1.82, 2.24) is 4.98 Å². The summed E-state index contributed by atoms with van der Waals surface area (Å²) in [4.78, 5) is 3.22. The van der Waals surface area contributed by atoms with Gasteiger partial charge < -0.3 is 4.98 Å². The number of nitrogens with one attached hydrogen (secondary N) is 1. The molecule has 0 spiro atoms. The normalized spacial score (nSPS) is 11.1. The van der Waals surface area contributed by atoms with Crippen LogP contribution in [0.15, 0.2) is 41.8 Å². The smallest absolute Gasteiger partial charge is 0.158 e. The molecule has 1 aromatic heterocycles. The number of fused-ring (bicyclic) bond motifs is 1. The first-order valence-electron chi connectivity index (χ1n) is 4.88. The van der Waals surface area contributed by atoms with Crippen LogP contribution < -0.4 is 0 Å². The summed E-state index contributed by atoms with van der Waals surface area (Å²) in [5, 5.41) is 5.37. The summed E-state index contributed by atoms with van der Waals surface area (Å²) in [6.45, 7) is 0. The van der Waals surface area contributed by atoms with Crippen molar-refractivity contribution in [3.8, 4) is 0 Å². The zero-order chi connectivity index (χ0) is 10.7. The number of aromatic amines is 1. The highest BCUT2D eigenvalue weighted by Crippen LogP contribution is 2.18. The van der Waals surface area contributed by atoms with Crippen molar-refractivity contribution in [3.05, 3.63) is 42.2 Å². The first kappa shape index (κ1) is 9.65. The zero-order valence-electron chi connectivity index (χ0n) is 8.94. The molecule has 2 rings (SSSR count). The molecule has 0 atom stereocenters. The van der Waals surface area contributed by atoms with E-state index < -0.39 is 0 Å².